The highest BCUT2D eigenvalue weighted by atomic mass is 16.3. The lowest BCUT2D eigenvalue weighted by Gasteiger charge is -2.23. The number of benzene rings is 1. The summed E-state index contributed by atoms with van der Waals surface area (Å²) in [5.74, 6) is 0. The van der Waals surface area contributed by atoms with Gasteiger partial charge in [-0.2, -0.15) is 0 Å². The molecule has 0 saturated carbocycles. The van der Waals surface area contributed by atoms with Gasteiger partial charge in [0.05, 0.1) is 6.61 Å². The van der Waals surface area contributed by atoms with E-state index in [0.29, 0.717) is 0 Å². The van der Waals surface area contributed by atoms with E-state index in [1.54, 1.807) is 0 Å². The minimum absolute atomic E-state index is 0.160. The van der Waals surface area contributed by atoms with E-state index in [-0.39, 0.29) is 12.0 Å². The van der Waals surface area contributed by atoms with Gasteiger partial charge in [0.1, 0.15) is 0 Å². The quantitative estimate of drug-likeness (QED) is 0.767. The van der Waals surface area contributed by atoms with Crippen LogP contribution in [0.1, 0.15) is 30.0 Å². The Morgan fingerprint density at radius 2 is 2.12 bits per heavy atom. The molecule has 0 aromatic heterocycles. The Kier molecular flexibility index (Phi) is 3.15. The molecule has 0 radical (unpaired) electrons. The molecular weight excluding hydrogens is 196 g/mol. The Morgan fingerprint density at radius 3 is 2.81 bits per heavy atom. The fourth-order valence-corrected chi connectivity index (χ4v) is 2.39. The van der Waals surface area contributed by atoms with Gasteiger partial charge in [-0.25, -0.2) is 0 Å². The fourth-order valence-electron chi connectivity index (χ4n) is 2.39. The highest BCUT2D eigenvalue weighted by Gasteiger charge is 2.20. The molecule has 0 heterocycles. The average Bonchev–Trinajstić information content (AvgIpc) is 2.76. The molecule has 1 aliphatic carbocycles. The first-order chi connectivity index (χ1) is 7.67. The van der Waals surface area contributed by atoms with Gasteiger partial charge >= 0.3 is 0 Å². The summed E-state index contributed by atoms with van der Waals surface area (Å²) in [7, 11) is 0. The minimum atomic E-state index is -0.188. The second kappa shape index (κ2) is 4.42. The zero-order valence-corrected chi connectivity index (χ0v) is 10.00. The normalized spacial score (nSPS) is 17.9. The summed E-state index contributed by atoms with van der Waals surface area (Å²) in [5.41, 5.74) is 4.14. The molecule has 0 bridgehead atoms. The topological polar surface area (TPSA) is 20.2 Å². The van der Waals surface area contributed by atoms with Crippen molar-refractivity contribution in [1.29, 1.82) is 0 Å². The molecule has 0 aliphatic heterocycles. The monoisotopic (exact) mass is 216 g/mol. The lowest BCUT2D eigenvalue weighted by Crippen LogP contribution is -2.21. The third-order valence-electron chi connectivity index (χ3n) is 3.62. The Hall–Kier alpha value is -1.08. The van der Waals surface area contributed by atoms with E-state index in [1.165, 1.54) is 36.0 Å². The molecule has 16 heavy (non-hydrogen) atoms. The van der Waals surface area contributed by atoms with Crippen LogP contribution in [0.5, 0.6) is 0 Å². The molecule has 0 amide bonds. The minimum Gasteiger partial charge on any atom is -0.395 e. The van der Waals surface area contributed by atoms with Crippen LogP contribution < -0.4 is 0 Å². The van der Waals surface area contributed by atoms with Crippen molar-refractivity contribution in [2.24, 2.45) is 5.41 Å². The van der Waals surface area contributed by atoms with E-state index >= 15 is 0 Å². The number of fused-ring (bicyclic) bond motifs is 1. The van der Waals surface area contributed by atoms with Gasteiger partial charge in [0.2, 0.25) is 0 Å². The largest absolute Gasteiger partial charge is 0.395 e. The van der Waals surface area contributed by atoms with Crippen LogP contribution in [0.2, 0.25) is 0 Å². The van der Waals surface area contributed by atoms with Gasteiger partial charge in [0.25, 0.3) is 0 Å². The summed E-state index contributed by atoms with van der Waals surface area (Å²) >= 11 is 0. The van der Waals surface area contributed by atoms with Crippen LogP contribution in [-0.4, -0.2) is 11.7 Å². The Labute approximate surface area is 97.8 Å². The predicted octanol–water partition coefficient (Wildman–Crippen LogP) is 2.90. The fraction of sp³-hybridized carbons (Fsp3) is 0.467. The van der Waals surface area contributed by atoms with E-state index < -0.39 is 0 Å². The maximum absolute atomic E-state index is 9.37. The van der Waals surface area contributed by atoms with Crippen molar-refractivity contribution in [3.63, 3.8) is 0 Å². The van der Waals surface area contributed by atoms with Crippen molar-refractivity contribution >= 4 is 0 Å². The molecule has 1 aromatic carbocycles. The number of aliphatic hydroxyl groups is 1. The second-order valence-corrected chi connectivity index (χ2v) is 5.15. The Morgan fingerprint density at radius 1 is 1.38 bits per heavy atom. The Balaban J connectivity index is 2.19. The zero-order chi connectivity index (χ0) is 11.6. The summed E-state index contributed by atoms with van der Waals surface area (Å²) in [6.45, 7) is 6.02. The number of aliphatic hydroxyl groups excluding tert-OH is 1. The van der Waals surface area contributed by atoms with Crippen molar-refractivity contribution < 1.29 is 5.11 Å². The molecule has 1 heteroatoms. The van der Waals surface area contributed by atoms with E-state index in [9.17, 15) is 5.11 Å². The van der Waals surface area contributed by atoms with Crippen molar-refractivity contribution in [3.05, 3.63) is 47.5 Å². The number of rotatable bonds is 4. The molecule has 1 aliphatic rings. The summed E-state index contributed by atoms with van der Waals surface area (Å²) in [6.07, 6.45) is 6.47. The molecule has 1 nitrogen and oxygen atoms in total. The smallest absolute Gasteiger partial charge is 0.0522 e. The average molecular weight is 216 g/mol. The molecule has 0 saturated heterocycles. The third-order valence-corrected chi connectivity index (χ3v) is 3.62. The van der Waals surface area contributed by atoms with Crippen LogP contribution in [0.3, 0.4) is 0 Å². The second-order valence-electron chi connectivity index (χ2n) is 5.15. The van der Waals surface area contributed by atoms with E-state index in [4.69, 9.17) is 0 Å². The molecule has 1 aromatic rings. The van der Waals surface area contributed by atoms with E-state index in [0.717, 1.165) is 6.42 Å². The molecule has 0 spiro atoms. The lowest BCUT2D eigenvalue weighted by atomic mass is 9.84. The summed E-state index contributed by atoms with van der Waals surface area (Å²) in [5, 5.41) is 9.37. The van der Waals surface area contributed by atoms with Gasteiger partial charge in [-0.3, -0.25) is 0 Å². The van der Waals surface area contributed by atoms with Crippen molar-refractivity contribution in [2.75, 3.05) is 6.61 Å². The first-order valence-corrected chi connectivity index (χ1v) is 6.02. The number of aryl methyl sites for hydroxylation is 2. The first kappa shape index (κ1) is 11.4. The van der Waals surface area contributed by atoms with E-state index in [1.807, 2.05) is 13.0 Å². The van der Waals surface area contributed by atoms with Gasteiger partial charge < -0.3 is 5.11 Å². The van der Waals surface area contributed by atoms with Gasteiger partial charge in [0.15, 0.2) is 0 Å². The van der Waals surface area contributed by atoms with Crippen LogP contribution in [0.4, 0.5) is 0 Å². The van der Waals surface area contributed by atoms with Gasteiger partial charge in [-0.1, -0.05) is 31.2 Å². The zero-order valence-electron chi connectivity index (χ0n) is 10.00. The maximum atomic E-state index is 9.37. The highest BCUT2D eigenvalue weighted by molar-refractivity contribution is 5.35. The molecule has 1 unspecified atom stereocenters. The number of hydrogen-bond acceptors (Lipinski definition) is 1. The molecule has 1 atom stereocenters. The SMILES string of the molecule is C=CC(C)(CO)Cc1ccc2c(c1)CCC2. The molecule has 2 rings (SSSR count). The maximum Gasteiger partial charge on any atom is 0.0522 e. The summed E-state index contributed by atoms with van der Waals surface area (Å²) in [4.78, 5) is 0. The Bertz CT molecular complexity index is 394. The van der Waals surface area contributed by atoms with Gasteiger partial charge in [0, 0.05) is 5.41 Å². The highest BCUT2D eigenvalue weighted by Crippen LogP contribution is 2.27. The number of hydrogen-bond donors (Lipinski definition) is 1. The van der Waals surface area contributed by atoms with Crippen LogP contribution in [-0.2, 0) is 19.3 Å². The van der Waals surface area contributed by atoms with Crippen LogP contribution in [0, 0.1) is 5.41 Å². The van der Waals surface area contributed by atoms with Crippen molar-refractivity contribution in [1.82, 2.24) is 0 Å². The first-order valence-electron chi connectivity index (χ1n) is 6.02. The summed E-state index contributed by atoms with van der Waals surface area (Å²) < 4.78 is 0. The summed E-state index contributed by atoms with van der Waals surface area (Å²) in [6, 6.07) is 6.75. The van der Waals surface area contributed by atoms with Crippen LogP contribution >= 0.6 is 0 Å². The van der Waals surface area contributed by atoms with Gasteiger partial charge in [-0.05, 0) is 42.4 Å². The van der Waals surface area contributed by atoms with Crippen molar-refractivity contribution in [3.8, 4) is 0 Å². The van der Waals surface area contributed by atoms with Crippen LogP contribution in [0.25, 0.3) is 0 Å². The molecular formula is C15H20O. The third kappa shape index (κ3) is 2.19. The van der Waals surface area contributed by atoms with Crippen LogP contribution in [0.15, 0.2) is 30.9 Å². The molecule has 0 fully saturated rings. The van der Waals surface area contributed by atoms with Gasteiger partial charge in [-0.15, -0.1) is 6.58 Å². The van der Waals surface area contributed by atoms with E-state index in [2.05, 4.69) is 24.8 Å². The van der Waals surface area contributed by atoms with Crippen molar-refractivity contribution in [2.45, 2.75) is 32.6 Å². The molecule has 1 N–H and O–H groups in total. The standard InChI is InChI=1S/C15H20O/c1-3-15(2,11-16)10-12-7-8-13-5-4-6-14(13)9-12/h3,7-9,16H,1,4-6,10-11H2,2H3. The molecule has 86 valence electrons. The lowest BCUT2D eigenvalue weighted by molar-refractivity contribution is 0.184. The predicted molar refractivity (Wildman–Crippen MR) is 67.6 cm³/mol.